The monoisotopic (exact) mass is 350 g/mol. The molecule has 0 fully saturated rings. The van der Waals surface area contributed by atoms with Crippen molar-refractivity contribution in [2.75, 3.05) is 11.9 Å². The topological polar surface area (TPSA) is 66.9 Å². The van der Waals surface area contributed by atoms with Crippen molar-refractivity contribution >= 4 is 11.7 Å². The van der Waals surface area contributed by atoms with E-state index in [9.17, 15) is 9.18 Å². The number of carbonyl (C=O) groups excluding carboxylic acids is 1. The fourth-order valence-corrected chi connectivity index (χ4v) is 2.40. The normalized spacial score (nSPS) is 10.3. The summed E-state index contributed by atoms with van der Waals surface area (Å²) in [5.74, 6) is 0.0323. The van der Waals surface area contributed by atoms with Crippen LogP contribution in [0.3, 0.4) is 0 Å². The molecule has 0 saturated heterocycles. The summed E-state index contributed by atoms with van der Waals surface area (Å²) in [6.45, 7) is 1.03. The second kappa shape index (κ2) is 8.71. The highest BCUT2D eigenvalue weighted by Gasteiger charge is 2.07. The van der Waals surface area contributed by atoms with Gasteiger partial charge >= 0.3 is 0 Å². The molecule has 0 unspecified atom stereocenters. The maximum absolute atomic E-state index is 12.9. The van der Waals surface area contributed by atoms with Crippen LogP contribution >= 0.6 is 0 Å². The number of amides is 1. The van der Waals surface area contributed by atoms with Gasteiger partial charge in [0, 0.05) is 13.1 Å². The zero-order valence-corrected chi connectivity index (χ0v) is 14.2. The Morgan fingerprint density at radius 2 is 1.65 bits per heavy atom. The van der Waals surface area contributed by atoms with Gasteiger partial charge in [-0.05, 0) is 41.8 Å². The van der Waals surface area contributed by atoms with Gasteiger partial charge in [-0.3, -0.25) is 4.79 Å². The van der Waals surface area contributed by atoms with Crippen molar-refractivity contribution < 1.29 is 9.18 Å². The smallest absolute Gasteiger partial charge is 0.271 e. The van der Waals surface area contributed by atoms with Crippen LogP contribution in [0.25, 0.3) is 0 Å². The number of hydrogen-bond donors (Lipinski definition) is 2. The third-order valence-corrected chi connectivity index (χ3v) is 3.83. The number of aromatic nitrogens is 2. The van der Waals surface area contributed by atoms with Gasteiger partial charge in [0.05, 0.1) is 0 Å². The molecule has 1 aromatic heterocycles. The van der Waals surface area contributed by atoms with Crippen molar-refractivity contribution in [2.45, 2.75) is 13.0 Å². The summed E-state index contributed by atoms with van der Waals surface area (Å²) >= 11 is 0. The molecule has 5 nitrogen and oxygen atoms in total. The van der Waals surface area contributed by atoms with Crippen LogP contribution < -0.4 is 10.6 Å². The Balaban J connectivity index is 1.47. The molecule has 1 amide bonds. The molecular weight excluding hydrogens is 331 g/mol. The van der Waals surface area contributed by atoms with Gasteiger partial charge in [-0.25, -0.2) is 4.39 Å². The lowest BCUT2D eigenvalue weighted by Gasteiger charge is -2.07. The van der Waals surface area contributed by atoms with Crippen molar-refractivity contribution in [1.82, 2.24) is 15.5 Å². The standard InChI is InChI=1S/C20H19FN4O/c21-17-8-6-16(7-9-17)14-23-19-11-10-18(24-25-19)20(26)22-13-12-15-4-2-1-3-5-15/h1-11H,12-14H2,(H,22,26)(H,23,25). The minimum Gasteiger partial charge on any atom is -0.365 e. The molecule has 3 rings (SSSR count). The largest absolute Gasteiger partial charge is 0.365 e. The Morgan fingerprint density at radius 3 is 2.35 bits per heavy atom. The lowest BCUT2D eigenvalue weighted by atomic mass is 10.1. The van der Waals surface area contributed by atoms with Crippen molar-refractivity contribution in [3.63, 3.8) is 0 Å². The molecule has 0 aliphatic heterocycles. The molecule has 0 aliphatic rings. The predicted octanol–water partition coefficient (Wildman–Crippen LogP) is 3.20. The molecule has 0 aliphatic carbocycles. The summed E-state index contributed by atoms with van der Waals surface area (Å²) in [4.78, 5) is 12.1. The number of nitrogens with zero attached hydrogens (tertiary/aromatic N) is 2. The highest BCUT2D eigenvalue weighted by molar-refractivity contribution is 5.92. The Morgan fingerprint density at radius 1 is 0.885 bits per heavy atom. The fourth-order valence-electron chi connectivity index (χ4n) is 2.40. The number of anilines is 1. The molecule has 1 heterocycles. The maximum Gasteiger partial charge on any atom is 0.271 e. The molecule has 0 saturated carbocycles. The average molecular weight is 350 g/mol. The van der Waals surface area contributed by atoms with Crippen LogP contribution in [0.1, 0.15) is 21.6 Å². The lowest BCUT2D eigenvalue weighted by molar-refractivity contribution is 0.0948. The van der Waals surface area contributed by atoms with E-state index in [0.717, 1.165) is 12.0 Å². The highest BCUT2D eigenvalue weighted by Crippen LogP contribution is 2.07. The number of carbonyl (C=O) groups is 1. The van der Waals surface area contributed by atoms with Gasteiger partial charge in [-0.2, -0.15) is 0 Å². The average Bonchev–Trinajstić information content (AvgIpc) is 2.69. The maximum atomic E-state index is 12.9. The van der Waals surface area contributed by atoms with Gasteiger partial charge in [0.1, 0.15) is 11.6 Å². The van der Waals surface area contributed by atoms with Gasteiger partial charge in [0.2, 0.25) is 0 Å². The second-order valence-electron chi connectivity index (χ2n) is 5.78. The SMILES string of the molecule is O=C(NCCc1ccccc1)c1ccc(NCc2ccc(F)cc2)nn1. The van der Waals surface area contributed by atoms with Crippen molar-refractivity contribution in [3.8, 4) is 0 Å². The Bertz CT molecular complexity index is 836. The molecule has 2 aromatic carbocycles. The highest BCUT2D eigenvalue weighted by atomic mass is 19.1. The summed E-state index contributed by atoms with van der Waals surface area (Å²) in [7, 11) is 0. The van der Waals surface area contributed by atoms with Crippen LogP contribution in [0.4, 0.5) is 10.2 Å². The van der Waals surface area contributed by atoms with E-state index in [4.69, 9.17) is 0 Å². The van der Waals surface area contributed by atoms with Gasteiger partial charge in [0.15, 0.2) is 5.69 Å². The Labute approximate surface area is 151 Å². The molecule has 3 aromatic rings. The first-order chi connectivity index (χ1) is 12.7. The molecule has 26 heavy (non-hydrogen) atoms. The number of halogens is 1. The van der Waals surface area contributed by atoms with Crippen molar-refractivity contribution in [3.05, 3.63) is 89.4 Å². The van der Waals surface area contributed by atoms with E-state index in [-0.39, 0.29) is 17.4 Å². The number of benzene rings is 2. The predicted molar refractivity (Wildman–Crippen MR) is 98.2 cm³/mol. The third-order valence-electron chi connectivity index (χ3n) is 3.83. The van der Waals surface area contributed by atoms with Gasteiger partial charge in [-0.15, -0.1) is 10.2 Å². The van der Waals surface area contributed by atoms with Crippen LogP contribution in [0.2, 0.25) is 0 Å². The van der Waals surface area contributed by atoms with Crippen molar-refractivity contribution in [2.24, 2.45) is 0 Å². The van der Waals surface area contributed by atoms with E-state index < -0.39 is 0 Å². The van der Waals surface area contributed by atoms with Crippen LogP contribution in [0.15, 0.2) is 66.7 Å². The summed E-state index contributed by atoms with van der Waals surface area (Å²) < 4.78 is 12.9. The number of rotatable bonds is 7. The fraction of sp³-hybridized carbons (Fsp3) is 0.150. The quantitative estimate of drug-likeness (QED) is 0.687. The van der Waals surface area contributed by atoms with Crippen molar-refractivity contribution in [1.29, 1.82) is 0 Å². The van der Waals surface area contributed by atoms with E-state index in [0.29, 0.717) is 18.9 Å². The number of hydrogen-bond acceptors (Lipinski definition) is 4. The van der Waals surface area contributed by atoms with Gasteiger partial charge < -0.3 is 10.6 Å². The van der Waals surface area contributed by atoms with Crippen LogP contribution in [0.5, 0.6) is 0 Å². The Hall–Kier alpha value is -3.28. The molecule has 0 spiro atoms. The molecule has 0 atom stereocenters. The van der Waals surface area contributed by atoms with Crippen LogP contribution in [0, 0.1) is 5.82 Å². The van der Waals surface area contributed by atoms with Crippen LogP contribution in [-0.4, -0.2) is 22.6 Å². The minimum absolute atomic E-state index is 0.251. The Kier molecular flexibility index (Phi) is 5.88. The summed E-state index contributed by atoms with van der Waals surface area (Å²) in [5, 5.41) is 13.9. The molecule has 0 radical (unpaired) electrons. The lowest BCUT2D eigenvalue weighted by Crippen LogP contribution is -2.26. The first kappa shape index (κ1) is 17.5. The van der Waals surface area contributed by atoms with E-state index in [1.165, 1.54) is 17.7 Å². The van der Waals surface area contributed by atoms with E-state index >= 15 is 0 Å². The minimum atomic E-state index is -0.267. The summed E-state index contributed by atoms with van der Waals surface area (Å²) in [6, 6.07) is 19.5. The summed E-state index contributed by atoms with van der Waals surface area (Å²) in [5.41, 5.74) is 2.36. The van der Waals surface area contributed by atoms with E-state index in [2.05, 4.69) is 20.8 Å². The van der Waals surface area contributed by atoms with Gasteiger partial charge in [-0.1, -0.05) is 42.5 Å². The summed E-state index contributed by atoms with van der Waals surface area (Å²) in [6.07, 6.45) is 0.761. The first-order valence-corrected chi connectivity index (χ1v) is 8.35. The first-order valence-electron chi connectivity index (χ1n) is 8.35. The molecule has 0 bridgehead atoms. The molecule has 2 N–H and O–H groups in total. The second-order valence-corrected chi connectivity index (χ2v) is 5.78. The molecule has 132 valence electrons. The zero-order valence-electron chi connectivity index (χ0n) is 14.2. The van der Waals surface area contributed by atoms with Gasteiger partial charge in [0.25, 0.3) is 5.91 Å². The molecule has 6 heteroatoms. The number of nitrogens with one attached hydrogen (secondary N) is 2. The van der Waals surface area contributed by atoms with Crippen LogP contribution in [-0.2, 0) is 13.0 Å². The van der Waals surface area contributed by atoms with E-state index in [1.807, 2.05) is 30.3 Å². The molecular formula is C20H19FN4O. The third kappa shape index (κ3) is 5.11. The zero-order chi connectivity index (χ0) is 18.2. The van der Waals surface area contributed by atoms with E-state index in [1.54, 1.807) is 24.3 Å².